The van der Waals surface area contributed by atoms with E-state index in [1.54, 1.807) is 12.1 Å². The van der Waals surface area contributed by atoms with Crippen LogP contribution in [0.5, 0.6) is 0 Å². The van der Waals surface area contributed by atoms with Crippen LogP contribution in [-0.2, 0) is 6.42 Å². The summed E-state index contributed by atoms with van der Waals surface area (Å²) >= 11 is 0. The van der Waals surface area contributed by atoms with Gasteiger partial charge in [0.2, 0.25) is 5.95 Å². The van der Waals surface area contributed by atoms with E-state index in [9.17, 15) is 4.39 Å². The number of nitrogens with zero attached hydrogens (tertiary/aromatic N) is 3. The Bertz CT molecular complexity index is 414. The summed E-state index contributed by atoms with van der Waals surface area (Å²) in [7, 11) is 0. The van der Waals surface area contributed by atoms with E-state index >= 15 is 0 Å². The Morgan fingerprint density at radius 3 is 3.07 bits per heavy atom. The molecule has 2 rings (SSSR count). The van der Waals surface area contributed by atoms with Crippen LogP contribution in [0.3, 0.4) is 0 Å². The van der Waals surface area contributed by atoms with E-state index in [0.717, 1.165) is 5.82 Å². The monoisotopic (exact) mass is 207 g/mol. The molecule has 0 aliphatic rings. The SMILES string of the molecule is Fc1cccc(NCCc2ncn[nH]2)n1. The van der Waals surface area contributed by atoms with E-state index in [2.05, 4.69) is 25.5 Å². The maximum atomic E-state index is 12.7. The van der Waals surface area contributed by atoms with Gasteiger partial charge < -0.3 is 5.32 Å². The summed E-state index contributed by atoms with van der Waals surface area (Å²) in [5.74, 6) is 0.827. The normalized spacial score (nSPS) is 10.2. The van der Waals surface area contributed by atoms with Gasteiger partial charge >= 0.3 is 0 Å². The molecule has 0 aliphatic carbocycles. The van der Waals surface area contributed by atoms with Crippen molar-refractivity contribution in [2.45, 2.75) is 6.42 Å². The molecule has 0 unspecified atom stereocenters. The van der Waals surface area contributed by atoms with Gasteiger partial charge in [-0.2, -0.15) is 9.49 Å². The van der Waals surface area contributed by atoms with E-state index in [-0.39, 0.29) is 0 Å². The van der Waals surface area contributed by atoms with Crippen molar-refractivity contribution in [2.24, 2.45) is 0 Å². The van der Waals surface area contributed by atoms with Gasteiger partial charge in [0.25, 0.3) is 0 Å². The van der Waals surface area contributed by atoms with Gasteiger partial charge in [0.1, 0.15) is 18.0 Å². The molecule has 5 nitrogen and oxygen atoms in total. The van der Waals surface area contributed by atoms with Crippen LogP contribution in [0.25, 0.3) is 0 Å². The maximum Gasteiger partial charge on any atom is 0.214 e. The van der Waals surface area contributed by atoms with Crippen molar-refractivity contribution in [2.75, 3.05) is 11.9 Å². The molecule has 15 heavy (non-hydrogen) atoms. The zero-order valence-electron chi connectivity index (χ0n) is 7.94. The summed E-state index contributed by atoms with van der Waals surface area (Å²) in [6.45, 7) is 0.631. The molecule has 2 aromatic heterocycles. The van der Waals surface area contributed by atoms with Crippen LogP contribution in [0.15, 0.2) is 24.5 Å². The molecule has 78 valence electrons. The standard InChI is InChI=1S/C9H10FN5/c10-7-2-1-3-8(14-7)11-5-4-9-12-6-13-15-9/h1-3,6H,4-5H2,(H,11,14)(H,12,13,15). The van der Waals surface area contributed by atoms with Crippen LogP contribution in [0.1, 0.15) is 5.82 Å². The molecule has 2 aromatic rings. The molecule has 0 spiro atoms. The lowest BCUT2D eigenvalue weighted by atomic mass is 10.4. The molecule has 0 saturated carbocycles. The Labute approximate surface area is 85.8 Å². The second-order valence-corrected chi connectivity index (χ2v) is 2.95. The molecule has 0 radical (unpaired) electrons. The maximum absolute atomic E-state index is 12.7. The summed E-state index contributed by atoms with van der Waals surface area (Å²) in [6.07, 6.45) is 2.15. The fourth-order valence-corrected chi connectivity index (χ4v) is 1.17. The first kappa shape index (κ1) is 9.57. The molecule has 6 heteroatoms. The number of halogens is 1. The van der Waals surface area contributed by atoms with Crippen molar-refractivity contribution in [3.8, 4) is 0 Å². The highest BCUT2D eigenvalue weighted by Gasteiger charge is 1.97. The van der Waals surface area contributed by atoms with E-state index in [4.69, 9.17) is 0 Å². The van der Waals surface area contributed by atoms with Crippen LogP contribution in [0.2, 0.25) is 0 Å². The summed E-state index contributed by atoms with van der Waals surface area (Å²) in [6, 6.07) is 4.63. The number of hydrogen-bond donors (Lipinski definition) is 2. The molecular formula is C9H10FN5. The molecule has 2 heterocycles. The van der Waals surface area contributed by atoms with Gasteiger partial charge in [-0.1, -0.05) is 6.07 Å². The predicted molar refractivity (Wildman–Crippen MR) is 52.8 cm³/mol. The fraction of sp³-hybridized carbons (Fsp3) is 0.222. The summed E-state index contributed by atoms with van der Waals surface area (Å²) in [5.41, 5.74) is 0. The third-order valence-corrected chi connectivity index (χ3v) is 1.85. The van der Waals surface area contributed by atoms with Crippen LogP contribution in [0.4, 0.5) is 10.2 Å². The van der Waals surface area contributed by atoms with E-state index in [1.165, 1.54) is 12.4 Å². The first-order valence-electron chi connectivity index (χ1n) is 4.55. The lowest BCUT2D eigenvalue weighted by Gasteiger charge is -2.03. The average Bonchev–Trinajstić information content (AvgIpc) is 2.71. The van der Waals surface area contributed by atoms with Crippen LogP contribution < -0.4 is 5.32 Å². The first-order valence-corrected chi connectivity index (χ1v) is 4.55. The lowest BCUT2D eigenvalue weighted by molar-refractivity contribution is 0.585. The van der Waals surface area contributed by atoms with Crippen LogP contribution >= 0.6 is 0 Å². The molecule has 0 atom stereocenters. The topological polar surface area (TPSA) is 66.5 Å². The first-order chi connectivity index (χ1) is 7.34. The molecule has 0 aliphatic heterocycles. The van der Waals surface area contributed by atoms with Gasteiger partial charge in [-0.05, 0) is 12.1 Å². The van der Waals surface area contributed by atoms with Gasteiger partial charge in [-0.3, -0.25) is 5.10 Å². The molecular weight excluding hydrogens is 197 g/mol. The van der Waals surface area contributed by atoms with Gasteiger partial charge in [0, 0.05) is 13.0 Å². The Morgan fingerprint density at radius 2 is 2.33 bits per heavy atom. The minimum atomic E-state index is -0.486. The van der Waals surface area contributed by atoms with Gasteiger partial charge in [-0.15, -0.1) is 0 Å². The predicted octanol–water partition coefficient (Wildman–Crippen LogP) is 0.993. The lowest BCUT2D eigenvalue weighted by Crippen LogP contribution is -2.07. The van der Waals surface area contributed by atoms with Crippen molar-refractivity contribution >= 4 is 5.82 Å². The van der Waals surface area contributed by atoms with Gasteiger partial charge in [-0.25, -0.2) is 9.97 Å². The molecule has 0 saturated heterocycles. The number of anilines is 1. The third kappa shape index (κ3) is 2.73. The van der Waals surface area contributed by atoms with E-state index in [1.807, 2.05) is 0 Å². The van der Waals surface area contributed by atoms with Gasteiger partial charge in [0.15, 0.2) is 0 Å². The van der Waals surface area contributed by atoms with Crippen molar-refractivity contribution < 1.29 is 4.39 Å². The number of H-pyrrole nitrogens is 1. The third-order valence-electron chi connectivity index (χ3n) is 1.85. The van der Waals surface area contributed by atoms with Crippen molar-refractivity contribution in [3.63, 3.8) is 0 Å². The Morgan fingerprint density at radius 1 is 1.40 bits per heavy atom. The summed E-state index contributed by atoms with van der Waals surface area (Å²) in [4.78, 5) is 7.63. The minimum Gasteiger partial charge on any atom is -0.370 e. The molecule has 0 amide bonds. The number of pyridine rings is 1. The van der Waals surface area contributed by atoms with Crippen LogP contribution in [-0.4, -0.2) is 26.7 Å². The Kier molecular flexibility index (Phi) is 2.87. The quantitative estimate of drug-likeness (QED) is 0.734. The zero-order valence-corrected chi connectivity index (χ0v) is 7.94. The molecule has 0 fully saturated rings. The highest BCUT2D eigenvalue weighted by Crippen LogP contribution is 2.03. The largest absolute Gasteiger partial charge is 0.370 e. The highest BCUT2D eigenvalue weighted by atomic mass is 19.1. The second kappa shape index (κ2) is 4.50. The number of aromatic nitrogens is 4. The van der Waals surface area contributed by atoms with E-state index < -0.39 is 5.95 Å². The molecule has 2 N–H and O–H groups in total. The second-order valence-electron chi connectivity index (χ2n) is 2.95. The average molecular weight is 207 g/mol. The van der Waals surface area contributed by atoms with Gasteiger partial charge in [0.05, 0.1) is 0 Å². The molecule has 0 bridgehead atoms. The van der Waals surface area contributed by atoms with Crippen molar-refractivity contribution in [1.82, 2.24) is 20.2 Å². The Hall–Kier alpha value is -1.98. The zero-order chi connectivity index (χ0) is 10.5. The van der Waals surface area contributed by atoms with E-state index in [0.29, 0.717) is 18.8 Å². The Balaban J connectivity index is 1.83. The van der Waals surface area contributed by atoms with Crippen molar-refractivity contribution in [3.05, 3.63) is 36.3 Å². The number of rotatable bonds is 4. The number of nitrogens with one attached hydrogen (secondary N) is 2. The van der Waals surface area contributed by atoms with Crippen LogP contribution in [0, 0.1) is 5.95 Å². The molecule has 0 aromatic carbocycles. The van der Waals surface area contributed by atoms with Crippen molar-refractivity contribution in [1.29, 1.82) is 0 Å². The minimum absolute atomic E-state index is 0.486. The number of hydrogen-bond acceptors (Lipinski definition) is 4. The smallest absolute Gasteiger partial charge is 0.214 e. The summed E-state index contributed by atoms with van der Waals surface area (Å²) < 4.78 is 12.7. The number of aromatic amines is 1. The fourth-order valence-electron chi connectivity index (χ4n) is 1.17. The summed E-state index contributed by atoms with van der Waals surface area (Å²) in [5, 5.41) is 9.45. The highest BCUT2D eigenvalue weighted by molar-refractivity contribution is 5.33.